The summed E-state index contributed by atoms with van der Waals surface area (Å²) in [5.41, 5.74) is 0.967. The van der Waals surface area contributed by atoms with Crippen LogP contribution in [0.4, 0.5) is 0 Å². The third-order valence-electron chi connectivity index (χ3n) is 2.35. The number of hydrogen-bond acceptors (Lipinski definition) is 2. The molecule has 0 radical (unpaired) electrons. The van der Waals surface area contributed by atoms with Gasteiger partial charge in [0.05, 0.1) is 5.92 Å². The third kappa shape index (κ3) is 2.22. The Kier molecular flexibility index (Phi) is 2.55. The van der Waals surface area contributed by atoms with Gasteiger partial charge in [0.25, 0.3) is 0 Å². The largest absolute Gasteiger partial charge is 0.511 e. The van der Waals surface area contributed by atoms with Crippen molar-refractivity contribution < 1.29 is 10.2 Å². The minimum absolute atomic E-state index is 0.0706. The summed E-state index contributed by atoms with van der Waals surface area (Å²) in [5, 5.41) is 17.6. The number of allylic oxidation sites excluding steroid dienone is 1. The van der Waals surface area contributed by atoms with Crippen molar-refractivity contribution in [3.05, 3.63) is 59.9 Å². The highest BCUT2D eigenvalue weighted by Gasteiger charge is 2.26. The summed E-state index contributed by atoms with van der Waals surface area (Å²) in [7, 11) is 0. The lowest BCUT2D eigenvalue weighted by Gasteiger charge is -2.22. The average Bonchev–Trinajstić information content (AvgIpc) is 2.17. The van der Waals surface area contributed by atoms with Gasteiger partial charge in [-0.25, -0.2) is 0 Å². The van der Waals surface area contributed by atoms with Crippen molar-refractivity contribution in [2.24, 2.45) is 0 Å². The molecule has 0 bridgehead atoms. The maximum absolute atomic E-state index is 9.72. The summed E-state index contributed by atoms with van der Waals surface area (Å²) in [5.74, 6) is -0.147. The van der Waals surface area contributed by atoms with E-state index in [1.54, 1.807) is 6.08 Å². The van der Waals surface area contributed by atoms with Crippen LogP contribution in [-0.4, -0.2) is 15.3 Å². The van der Waals surface area contributed by atoms with Gasteiger partial charge >= 0.3 is 0 Å². The van der Waals surface area contributed by atoms with Gasteiger partial charge < -0.3 is 10.2 Å². The van der Waals surface area contributed by atoms with E-state index in [2.05, 4.69) is 0 Å². The number of halogens is 1. The molecule has 2 N–H and O–H groups in total. The van der Waals surface area contributed by atoms with Crippen molar-refractivity contribution in [3.8, 4) is 0 Å². The molecule has 2 rings (SSSR count). The van der Waals surface area contributed by atoms with Gasteiger partial charge in [0, 0.05) is 6.08 Å². The van der Waals surface area contributed by atoms with Gasteiger partial charge in [0.15, 0.2) is 5.06 Å². The molecule has 0 saturated heterocycles. The van der Waals surface area contributed by atoms with Gasteiger partial charge in [-0.3, -0.25) is 0 Å². The molecule has 2 atom stereocenters. The molecule has 2 nitrogen and oxygen atoms in total. The number of aliphatic hydroxyl groups is 2. The van der Waals surface area contributed by atoms with Crippen LogP contribution in [-0.2, 0) is 0 Å². The second-order valence-corrected chi connectivity index (χ2v) is 4.15. The molecule has 15 heavy (non-hydrogen) atoms. The van der Waals surface area contributed by atoms with Gasteiger partial charge in [0.2, 0.25) is 0 Å². The Morgan fingerprint density at radius 2 is 1.87 bits per heavy atom. The van der Waals surface area contributed by atoms with Crippen molar-refractivity contribution >= 4 is 11.6 Å². The molecule has 78 valence electrons. The monoisotopic (exact) mass is 222 g/mol. The standard InChI is InChI=1S/C12H11ClO2/c13-12(15)7-6-10(11(14)8-12)9-4-2-1-3-5-9/h1-8,10,14-15H. The molecule has 1 aromatic carbocycles. The molecule has 0 aliphatic heterocycles. The van der Waals surface area contributed by atoms with Crippen molar-refractivity contribution in [1.29, 1.82) is 0 Å². The van der Waals surface area contributed by atoms with Crippen LogP contribution >= 0.6 is 11.6 Å². The summed E-state index contributed by atoms with van der Waals surface area (Å²) < 4.78 is 0. The first kappa shape index (κ1) is 10.3. The highest BCUT2D eigenvalue weighted by atomic mass is 35.5. The van der Waals surface area contributed by atoms with E-state index in [4.69, 9.17) is 11.6 Å². The van der Waals surface area contributed by atoms with E-state index in [9.17, 15) is 10.2 Å². The van der Waals surface area contributed by atoms with Gasteiger partial charge in [-0.15, -0.1) is 0 Å². The van der Waals surface area contributed by atoms with Crippen LogP contribution in [0.3, 0.4) is 0 Å². The Labute approximate surface area is 93.1 Å². The van der Waals surface area contributed by atoms with Crippen LogP contribution in [0.25, 0.3) is 0 Å². The first-order valence-electron chi connectivity index (χ1n) is 4.66. The molecule has 1 aromatic rings. The van der Waals surface area contributed by atoms with E-state index in [1.165, 1.54) is 12.2 Å². The zero-order valence-electron chi connectivity index (χ0n) is 7.97. The second-order valence-electron chi connectivity index (χ2n) is 3.54. The first-order valence-corrected chi connectivity index (χ1v) is 5.03. The van der Waals surface area contributed by atoms with Crippen LogP contribution in [0, 0.1) is 0 Å². The van der Waals surface area contributed by atoms with Crippen LogP contribution in [0.5, 0.6) is 0 Å². The van der Waals surface area contributed by atoms with Crippen molar-refractivity contribution in [3.63, 3.8) is 0 Å². The minimum atomic E-state index is -1.56. The SMILES string of the molecule is OC1=CC(O)(Cl)C=CC1c1ccccc1. The van der Waals surface area contributed by atoms with E-state index in [0.29, 0.717) is 0 Å². The summed E-state index contributed by atoms with van der Waals surface area (Å²) >= 11 is 5.65. The Morgan fingerprint density at radius 1 is 1.20 bits per heavy atom. The second kappa shape index (κ2) is 3.72. The fraction of sp³-hybridized carbons (Fsp3) is 0.167. The quantitative estimate of drug-likeness (QED) is 0.567. The summed E-state index contributed by atoms with van der Waals surface area (Å²) in [4.78, 5) is 0. The van der Waals surface area contributed by atoms with Crippen molar-refractivity contribution in [2.75, 3.05) is 0 Å². The molecule has 0 fully saturated rings. The molecular formula is C12H11ClO2. The van der Waals surface area contributed by atoms with Gasteiger partial charge in [-0.1, -0.05) is 48.0 Å². The Balaban J connectivity index is 2.32. The zero-order valence-corrected chi connectivity index (χ0v) is 8.72. The van der Waals surface area contributed by atoms with Gasteiger partial charge in [0.1, 0.15) is 5.76 Å². The number of alkyl halides is 1. The predicted octanol–water partition coefficient (Wildman–Crippen LogP) is 2.71. The van der Waals surface area contributed by atoms with Crippen LogP contribution in [0.15, 0.2) is 54.3 Å². The molecule has 0 aromatic heterocycles. The van der Waals surface area contributed by atoms with Crippen molar-refractivity contribution in [2.45, 2.75) is 11.0 Å². The smallest absolute Gasteiger partial charge is 0.180 e. The zero-order chi connectivity index (χ0) is 10.9. The maximum atomic E-state index is 9.72. The molecule has 3 heteroatoms. The average molecular weight is 223 g/mol. The molecular weight excluding hydrogens is 212 g/mol. The summed E-state index contributed by atoms with van der Waals surface area (Å²) in [6, 6.07) is 9.54. The van der Waals surface area contributed by atoms with Crippen LogP contribution in [0.1, 0.15) is 11.5 Å². The van der Waals surface area contributed by atoms with Crippen molar-refractivity contribution in [1.82, 2.24) is 0 Å². The molecule has 0 saturated carbocycles. The topological polar surface area (TPSA) is 40.5 Å². The number of rotatable bonds is 1. The van der Waals surface area contributed by atoms with E-state index >= 15 is 0 Å². The van der Waals surface area contributed by atoms with Gasteiger partial charge in [-0.05, 0) is 11.6 Å². The van der Waals surface area contributed by atoms with Gasteiger partial charge in [-0.2, -0.15) is 0 Å². The third-order valence-corrected chi connectivity index (χ3v) is 2.59. The summed E-state index contributed by atoms with van der Waals surface area (Å²) in [6.07, 6.45) is 4.40. The highest BCUT2D eigenvalue weighted by molar-refractivity contribution is 6.25. The minimum Gasteiger partial charge on any atom is -0.511 e. The van der Waals surface area contributed by atoms with Crippen LogP contribution < -0.4 is 0 Å². The Bertz CT molecular complexity index is 407. The molecule has 1 aliphatic rings. The molecule has 0 amide bonds. The molecule has 2 unspecified atom stereocenters. The first-order chi connectivity index (χ1) is 7.08. The van der Waals surface area contributed by atoms with E-state index in [1.807, 2.05) is 30.3 Å². The normalized spacial score (nSPS) is 30.0. The maximum Gasteiger partial charge on any atom is 0.180 e. The number of benzene rings is 1. The van der Waals surface area contributed by atoms with E-state index in [0.717, 1.165) is 5.56 Å². The predicted molar refractivity (Wildman–Crippen MR) is 59.8 cm³/mol. The lowest BCUT2D eigenvalue weighted by Crippen LogP contribution is -2.19. The number of aliphatic hydroxyl groups excluding tert-OH is 1. The van der Waals surface area contributed by atoms with E-state index < -0.39 is 5.06 Å². The molecule has 0 heterocycles. The molecule has 0 spiro atoms. The Morgan fingerprint density at radius 3 is 2.47 bits per heavy atom. The van der Waals surface area contributed by atoms with E-state index in [-0.39, 0.29) is 11.7 Å². The fourth-order valence-electron chi connectivity index (χ4n) is 1.62. The summed E-state index contributed by atoms with van der Waals surface area (Å²) in [6.45, 7) is 0. The fourth-order valence-corrected chi connectivity index (χ4v) is 1.80. The Hall–Kier alpha value is -1.25. The lowest BCUT2D eigenvalue weighted by atomic mass is 9.92. The number of hydrogen-bond donors (Lipinski definition) is 2. The highest BCUT2D eigenvalue weighted by Crippen LogP contribution is 2.32. The molecule has 1 aliphatic carbocycles. The lowest BCUT2D eigenvalue weighted by molar-refractivity contribution is 0.216. The van der Waals surface area contributed by atoms with Crippen LogP contribution in [0.2, 0.25) is 0 Å².